The third-order valence-corrected chi connectivity index (χ3v) is 6.52. The SMILES string of the molecule is O=C(O)N1CCC(=C(c2ccc3c(c2)OCO3)c2ccc3c(c2)OCO3)CC1C(C(F)(F)F)C(F)(F)F. The molecule has 198 valence electrons. The molecule has 7 nitrogen and oxygen atoms in total. The quantitative estimate of drug-likeness (QED) is 0.503. The first-order valence-electron chi connectivity index (χ1n) is 11.1. The zero-order valence-corrected chi connectivity index (χ0v) is 18.9. The average molecular weight is 531 g/mol. The molecule has 1 atom stereocenters. The number of rotatable bonds is 3. The van der Waals surface area contributed by atoms with Crippen LogP contribution in [0.25, 0.3) is 5.57 Å². The van der Waals surface area contributed by atoms with E-state index < -0.39 is 43.4 Å². The fraction of sp³-hybridized carbons (Fsp3) is 0.375. The minimum atomic E-state index is -5.71. The zero-order chi connectivity index (χ0) is 26.5. The molecule has 0 radical (unpaired) electrons. The number of hydrogen-bond acceptors (Lipinski definition) is 5. The molecule has 3 aliphatic heterocycles. The van der Waals surface area contributed by atoms with E-state index >= 15 is 0 Å². The van der Waals surface area contributed by atoms with Crippen LogP contribution in [0.15, 0.2) is 42.0 Å². The molecule has 5 rings (SSSR count). The lowest BCUT2D eigenvalue weighted by atomic mass is 9.81. The largest absolute Gasteiger partial charge is 0.465 e. The van der Waals surface area contributed by atoms with Crippen molar-refractivity contribution < 1.29 is 55.2 Å². The Morgan fingerprint density at radius 3 is 1.78 bits per heavy atom. The van der Waals surface area contributed by atoms with Crippen LogP contribution in [0.5, 0.6) is 23.0 Å². The van der Waals surface area contributed by atoms with Crippen LogP contribution in [-0.4, -0.2) is 54.6 Å². The first kappa shape index (κ1) is 24.9. The lowest BCUT2D eigenvalue weighted by Gasteiger charge is -2.41. The van der Waals surface area contributed by atoms with Gasteiger partial charge in [0, 0.05) is 6.54 Å². The minimum Gasteiger partial charge on any atom is -0.465 e. The Bertz CT molecular complexity index is 1180. The summed E-state index contributed by atoms with van der Waals surface area (Å²) < 4.78 is 104. The first-order chi connectivity index (χ1) is 17.4. The summed E-state index contributed by atoms with van der Waals surface area (Å²) in [5.41, 5.74) is 1.50. The molecular weight excluding hydrogens is 512 g/mol. The van der Waals surface area contributed by atoms with Crippen molar-refractivity contribution in [2.24, 2.45) is 5.92 Å². The summed E-state index contributed by atoms with van der Waals surface area (Å²) >= 11 is 0. The molecule has 0 aromatic heterocycles. The molecule has 1 unspecified atom stereocenters. The fourth-order valence-electron chi connectivity index (χ4n) is 4.95. The molecule has 3 aliphatic rings. The maximum atomic E-state index is 13.7. The van der Waals surface area contributed by atoms with Crippen molar-refractivity contribution in [1.29, 1.82) is 0 Å². The van der Waals surface area contributed by atoms with Crippen LogP contribution in [0.2, 0.25) is 0 Å². The zero-order valence-electron chi connectivity index (χ0n) is 18.9. The van der Waals surface area contributed by atoms with Crippen LogP contribution < -0.4 is 18.9 Å². The highest BCUT2D eigenvalue weighted by Crippen LogP contribution is 2.48. The van der Waals surface area contributed by atoms with Crippen molar-refractivity contribution in [2.75, 3.05) is 20.1 Å². The van der Waals surface area contributed by atoms with E-state index in [-0.39, 0.29) is 30.5 Å². The predicted octanol–water partition coefficient (Wildman–Crippen LogP) is 5.83. The van der Waals surface area contributed by atoms with E-state index in [9.17, 15) is 36.2 Å². The Balaban J connectivity index is 1.66. The topological polar surface area (TPSA) is 77.5 Å². The number of hydrogen-bond donors (Lipinski definition) is 1. The molecule has 1 fully saturated rings. The summed E-state index contributed by atoms with van der Waals surface area (Å²) in [6, 6.07) is 7.16. The molecule has 0 aliphatic carbocycles. The maximum absolute atomic E-state index is 13.7. The second-order valence-electron chi connectivity index (χ2n) is 8.67. The summed E-state index contributed by atoms with van der Waals surface area (Å²) in [5, 5.41) is 9.47. The molecule has 1 amide bonds. The summed E-state index contributed by atoms with van der Waals surface area (Å²) in [6.45, 7) is -0.622. The van der Waals surface area contributed by atoms with E-state index in [2.05, 4.69) is 0 Å². The highest BCUT2D eigenvalue weighted by molar-refractivity contribution is 5.84. The van der Waals surface area contributed by atoms with Crippen molar-refractivity contribution in [3.05, 3.63) is 53.1 Å². The van der Waals surface area contributed by atoms with E-state index in [4.69, 9.17) is 18.9 Å². The molecule has 0 saturated carbocycles. The van der Waals surface area contributed by atoms with E-state index in [1.54, 1.807) is 36.4 Å². The van der Waals surface area contributed by atoms with Crippen LogP contribution >= 0.6 is 0 Å². The number of carboxylic acid groups (broad SMARTS) is 1. The molecule has 2 aromatic rings. The second kappa shape index (κ2) is 8.96. The van der Waals surface area contributed by atoms with Gasteiger partial charge in [-0.25, -0.2) is 4.79 Å². The predicted molar refractivity (Wildman–Crippen MR) is 115 cm³/mol. The number of benzene rings is 2. The number of piperidine rings is 1. The number of ether oxygens (including phenoxy) is 4. The summed E-state index contributed by atoms with van der Waals surface area (Å²) in [7, 11) is 0. The number of likely N-dealkylation sites (tertiary alicyclic amines) is 1. The van der Waals surface area contributed by atoms with Crippen molar-refractivity contribution in [2.45, 2.75) is 31.2 Å². The van der Waals surface area contributed by atoms with Gasteiger partial charge in [0.15, 0.2) is 28.9 Å². The van der Waals surface area contributed by atoms with Crippen molar-refractivity contribution in [3.8, 4) is 23.0 Å². The van der Waals surface area contributed by atoms with Crippen LogP contribution in [0.3, 0.4) is 0 Å². The smallest absolute Gasteiger partial charge is 0.407 e. The Kier molecular flexibility index (Phi) is 6.03. The van der Waals surface area contributed by atoms with E-state index in [0.29, 0.717) is 39.7 Å². The number of carbonyl (C=O) groups is 1. The molecule has 2 aromatic carbocycles. The first-order valence-corrected chi connectivity index (χ1v) is 11.1. The van der Waals surface area contributed by atoms with Gasteiger partial charge >= 0.3 is 18.4 Å². The third-order valence-electron chi connectivity index (χ3n) is 6.52. The summed E-state index contributed by atoms with van der Waals surface area (Å²) in [5.74, 6) is -2.27. The molecule has 0 spiro atoms. The Hall–Kier alpha value is -3.77. The number of halogens is 6. The molecule has 13 heteroatoms. The number of amides is 1. The number of nitrogens with zero attached hydrogens (tertiary/aromatic N) is 1. The Labute approximate surface area is 205 Å². The van der Waals surface area contributed by atoms with Crippen LogP contribution in [0, 0.1) is 5.92 Å². The molecule has 0 bridgehead atoms. The average Bonchev–Trinajstić information content (AvgIpc) is 3.46. The highest BCUT2D eigenvalue weighted by Gasteiger charge is 2.62. The Morgan fingerprint density at radius 1 is 0.838 bits per heavy atom. The summed E-state index contributed by atoms with van der Waals surface area (Å²) in [6.07, 6.45) is -14.1. The highest BCUT2D eigenvalue weighted by atomic mass is 19.4. The second-order valence-corrected chi connectivity index (χ2v) is 8.67. The fourth-order valence-corrected chi connectivity index (χ4v) is 4.95. The maximum Gasteiger partial charge on any atom is 0.407 e. The van der Waals surface area contributed by atoms with Gasteiger partial charge in [-0.2, -0.15) is 26.3 Å². The van der Waals surface area contributed by atoms with Crippen LogP contribution in [0.4, 0.5) is 31.1 Å². The van der Waals surface area contributed by atoms with Crippen LogP contribution in [0.1, 0.15) is 24.0 Å². The normalized spacial score (nSPS) is 18.9. The van der Waals surface area contributed by atoms with Gasteiger partial charge in [0.25, 0.3) is 0 Å². The van der Waals surface area contributed by atoms with Gasteiger partial charge in [0.2, 0.25) is 13.6 Å². The van der Waals surface area contributed by atoms with Gasteiger partial charge in [0.1, 0.15) is 0 Å². The minimum absolute atomic E-state index is 0.0385. The van der Waals surface area contributed by atoms with Gasteiger partial charge in [-0.05, 0) is 53.8 Å². The van der Waals surface area contributed by atoms with Gasteiger partial charge in [-0.1, -0.05) is 17.7 Å². The van der Waals surface area contributed by atoms with Crippen LogP contribution in [-0.2, 0) is 0 Å². The third kappa shape index (κ3) is 4.69. The summed E-state index contributed by atoms with van der Waals surface area (Å²) in [4.78, 5) is 11.9. The van der Waals surface area contributed by atoms with Gasteiger partial charge < -0.3 is 29.0 Å². The lowest BCUT2D eigenvalue weighted by molar-refractivity contribution is -0.298. The van der Waals surface area contributed by atoms with Gasteiger partial charge in [0.05, 0.1) is 6.04 Å². The lowest BCUT2D eigenvalue weighted by Crippen LogP contribution is -2.56. The Morgan fingerprint density at radius 2 is 1.32 bits per heavy atom. The molecule has 37 heavy (non-hydrogen) atoms. The van der Waals surface area contributed by atoms with Crippen molar-refractivity contribution in [1.82, 2.24) is 4.90 Å². The molecule has 1 saturated heterocycles. The van der Waals surface area contributed by atoms with E-state index in [1.807, 2.05) is 0 Å². The molecular formula is C24H19F6NO6. The molecule has 3 heterocycles. The number of alkyl halides is 6. The van der Waals surface area contributed by atoms with E-state index in [0.717, 1.165) is 0 Å². The number of fused-ring (bicyclic) bond motifs is 2. The molecule has 1 N–H and O–H groups in total. The van der Waals surface area contributed by atoms with Gasteiger partial charge in [-0.15, -0.1) is 0 Å². The monoisotopic (exact) mass is 531 g/mol. The van der Waals surface area contributed by atoms with Gasteiger partial charge in [-0.3, -0.25) is 0 Å². The van der Waals surface area contributed by atoms with Crippen molar-refractivity contribution in [3.63, 3.8) is 0 Å². The van der Waals surface area contributed by atoms with E-state index in [1.165, 1.54) is 0 Å². The van der Waals surface area contributed by atoms with Crippen molar-refractivity contribution >= 4 is 11.7 Å². The standard InChI is InChI=1S/C24H19F6NO6/c25-23(26,27)21(24(28,29)30)15-7-14(5-6-31(15)22(32)33)20(12-1-3-16-18(8-12)36-10-34-16)13-2-4-17-19(9-13)37-11-35-17/h1-4,8-9,15,21H,5-7,10-11H2,(H,32,33).